The summed E-state index contributed by atoms with van der Waals surface area (Å²) in [5.74, 6) is 1.36. The number of carbonyl (C=O) groups is 1. The normalized spacial score (nSPS) is 17.6. The Bertz CT molecular complexity index is 500. The number of methoxy groups -OCH3 is 1. The molecule has 1 aromatic carbocycles. The van der Waals surface area contributed by atoms with Crippen LogP contribution < -0.4 is 14.8 Å². The summed E-state index contributed by atoms with van der Waals surface area (Å²) in [6, 6.07) is 5.53. The zero-order chi connectivity index (χ0) is 16.5. The summed E-state index contributed by atoms with van der Waals surface area (Å²) < 4.78 is 22.1. The molecule has 0 aromatic heterocycles. The SMILES string of the molecule is COc1ccc(OCCOC2CCCCO2)c(CNC(C)=O)c1. The molecule has 0 bridgehead atoms. The number of ether oxygens (including phenoxy) is 4. The molecule has 1 aliphatic rings. The van der Waals surface area contributed by atoms with Crippen LogP contribution in [0, 0.1) is 0 Å². The lowest BCUT2D eigenvalue weighted by molar-refractivity contribution is -0.165. The van der Waals surface area contributed by atoms with Crippen LogP contribution in [0.2, 0.25) is 0 Å². The number of hydrogen-bond donors (Lipinski definition) is 1. The quantitative estimate of drug-likeness (QED) is 0.743. The first-order valence-electron chi connectivity index (χ1n) is 7.96. The fourth-order valence-corrected chi connectivity index (χ4v) is 2.36. The third kappa shape index (κ3) is 6.08. The topological polar surface area (TPSA) is 66.0 Å². The molecule has 6 nitrogen and oxygen atoms in total. The van der Waals surface area contributed by atoms with Gasteiger partial charge in [-0.2, -0.15) is 0 Å². The Morgan fingerprint density at radius 3 is 2.91 bits per heavy atom. The molecule has 0 radical (unpaired) electrons. The molecule has 6 heteroatoms. The first-order valence-corrected chi connectivity index (χ1v) is 7.96. The fraction of sp³-hybridized carbons (Fsp3) is 0.588. The Labute approximate surface area is 137 Å². The van der Waals surface area contributed by atoms with E-state index < -0.39 is 0 Å². The molecule has 2 rings (SSSR count). The van der Waals surface area contributed by atoms with Crippen molar-refractivity contribution in [3.05, 3.63) is 23.8 Å². The zero-order valence-corrected chi connectivity index (χ0v) is 13.8. The van der Waals surface area contributed by atoms with Crippen molar-refractivity contribution in [3.63, 3.8) is 0 Å². The Morgan fingerprint density at radius 1 is 1.35 bits per heavy atom. The lowest BCUT2D eigenvalue weighted by Gasteiger charge is -2.22. The highest BCUT2D eigenvalue weighted by atomic mass is 16.7. The molecule has 1 N–H and O–H groups in total. The molecule has 1 saturated heterocycles. The summed E-state index contributed by atoms with van der Waals surface area (Å²) in [6.45, 7) is 3.55. The van der Waals surface area contributed by atoms with Crippen molar-refractivity contribution in [1.29, 1.82) is 0 Å². The molecule has 23 heavy (non-hydrogen) atoms. The molecular weight excluding hydrogens is 298 g/mol. The molecule has 1 fully saturated rings. The van der Waals surface area contributed by atoms with E-state index in [4.69, 9.17) is 18.9 Å². The van der Waals surface area contributed by atoms with E-state index in [9.17, 15) is 4.79 Å². The second-order valence-corrected chi connectivity index (χ2v) is 5.40. The highest BCUT2D eigenvalue weighted by Gasteiger charge is 2.14. The third-order valence-corrected chi connectivity index (χ3v) is 3.58. The van der Waals surface area contributed by atoms with Crippen molar-refractivity contribution in [3.8, 4) is 11.5 Å². The van der Waals surface area contributed by atoms with Gasteiger partial charge >= 0.3 is 0 Å². The van der Waals surface area contributed by atoms with Gasteiger partial charge in [-0.15, -0.1) is 0 Å². The molecule has 128 valence electrons. The largest absolute Gasteiger partial charge is 0.497 e. The highest BCUT2D eigenvalue weighted by Crippen LogP contribution is 2.24. The van der Waals surface area contributed by atoms with Gasteiger partial charge in [0.05, 0.1) is 13.7 Å². The number of carbonyl (C=O) groups excluding carboxylic acids is 1. The van der Waals surface area contributed by atoms with E-state index in [0.717, 1.165) is 37.2 Å². The molecule has 1 aliphatic heterocycles. The Morgan fingerprint density at radius 2 is 2.22 bits per heavy atom. The average molecular weight is 323 g/mol. The van der Waals surface area contributed by atoms with Crippen LogP contribution in [0.25, 0.3) is 0 Å². The molecule has 0 aliphatic carbocycles. The maximum atomic E-state index is 11.1. The first-order chi connectivity index (χ1) is 11.2. The second-order valence-electron chi connectivity index (χ2n) is 5.40. The third-order valence-electron chi connectivity index (χ3n) is 3.58. The van der Waals surface area contributed by atoms with Crippen LogP contribution in [0.3, 0.4) is 0 Å². The van der Waals surface area contributed by atoms with Gasteiger partial charge in [0, 0.05) is 25.6 Å². The van der Waals surface area contributed by atoms with Crippen molar-refractivity contribution >= 4 is 5.91 Å². The van der Waals surface area contributed by atoms with Crippen LogP contribution in [0.4, 0.5) is 0 Å². The van der Waals surface area contributed by atoms with Crippen molar-refractivity contribution in [2.45, 2.75) is 39.0 Å². The summed E-state index contributed by atoms with van der Waals surface area (Å²) in [4.78, 5) is 11.1. The summed E-state index contributed by atoms with van der Waals surface area (Å²) >= 11 is 0. The number of hydrogen-bond acceptors (Lipinski definition) is 5. The average Bonchev–Trinajstić information content (AvgIpc) is 2.58. The van der Waals surface area contributed by atoms with Crippen molar-refractivity contribution < 1.29 is 23.7 Å². The van der Waals surface area contributed by atoms with Gasteiger partial charge in [0.15, 0.2) is 6.29 Å². The number of benzene rings is 1. The molecule has 0 spiro atoms. The molecule has 1 heterocycles. The highest BCUT2D eigenvalue weighted by molar-refractivity contribution is 5.72. The van der Waals surface area contributed by atoms with E-state index in [0.29, 0.717) is 25.5 Å². The molecule has 1 unspecified atom stereocenters. The van der Waals surface area contributed by atoms with Crippen molar-refractivity contribution in [2.75, 3.05) is 26.9 Å². The molecule has 1 amide bonds. The van der Waals surface area contributed by atoms with Gasteiger partial charge in [0.1, 0.15) is 18.1 Å². The Kier molecular flexibility index (Phi) is 7.16. The van der Waals surface area contributed by atoms with E-state index in [1.165, 1.54) is 6.92 Å². The van der Waals surface area contributed by atoms with Crippen molar-refractivity contribution in [1.82, 2.24) is 5.32 Å². The lowest BCUT2D eigenvalue weighted by Crippen LogP contribution is -2.24. The summed E-state index contributed by atoms with van der Waals surface area (Å²) in [5, 5.41) is 2.77. The monoisotopic (exact) mass is 323 g/mol. The minimum absolute atomic E-state index is 0.0865. The van der Waals surface area contributed by atoms with E-state index in [1.54, 1.807) is 7.11 Å². The minimum atomic E-state index is -0.109. The summed E-state index contributed by atoms with van der Waals surface area (Å²) in [6.07, 6.45) is 3.08. The van der Waals surface area contributed by atoms with Gasteiger partial charge in [-0.05, 0) is 37.5 Å². The first kappa shape index (κ1) is 17.6. The fourth-order valence-electron chi connectivity index (χ4n) is 2.36. The predicted octanol–water partition coefficient (Wildman–Crippen LogP) is 2.25. The van der Waals surface area contributed by atoms with Crippen molar-refractivity contribution in [2.24, 2.45) is 0 Å². The van der Waals surface area contributed by atoms with E-state index in [1.807, 2.05) is 18.2 Å². The van der Waals surface area contributed by atoms with Crippen LogP contribution in [0.5, 0.6) is 11.5 Å². The van der Waals surface area contributed by atoms with Gasteiger partial charge in [0.2, 0.25) is 5.91 Å². The van der Waals surface area contributed by atoms with Gasteiger partial charge < -0.3 is 24.3 Å². The minimum Gasteiger partial charge on any atom is -0.497 e. The van der Waals surface area contributed by atoms with Gasteiger partial charge in [-0.1, -0.05) is 0 Å². The van der Waals surface area contributed by atoms with Crippen LogP contribution >= 0.6 is 0 Å². The van der Waals surface area contributed by atoms with E-state index in [-0.39, 0.29) is 12.2 Å². The van der Waals surface area contributed by atoms with E-state index in [2.05, 4.69) is 5.32 Å². The molecule has 1 atom stereocenters. The Hall–Kier alpha value is -1.79. The van der Waals surface area contributed by atoms with Gasteiger partial charge in [-0.3, -0.25) is 4.79 Å². The molecule has 0 saturated carbocycles. The number of nitrogens with one attached hydrogen (secondary N) is 1. The lowest BCUT2D eigenvalue weighted by atomic mass is 10.2. The standard InChI is InChI=1S/C17H25NO5/c1-13(19)18-12-14-11-15(20-2)6-7-16(14)21-9-10-23-17-5-3-4-8-22-17/h6-7,11,17H,3-5,8-10,12H2,1-2H3,(H,18,19). The maximum Gasteiger partial charge on any atom is 0.217 e. The summed E-state index contributed by atoms with van der Waals surface area (Å²) in [7, 11) is 1.61. The smallest absolute Gasteiger partial charge is 0.217 e. The van der Waals surface area contributed by atoms with Gasteiger partial charge in [-0.25, -0.2) is 0 Å². The van der Waals surface area contributed by atoms with Crippen LogP contribution in [0.1, 0.15) is 31.7 Å². The zero-order valence-electron chi connectivity index (χ0n) is 13.8. The van der Waals surface area contributed by atoms with Crippen LogP contribution in [-0.2, 0) is 20.8 Å². The molecular formula is C17H25NO5. The van der Waals surface area contributed by atoms with Crippen LogP contribution in [-0.4, -0.2) is 39.1 Å². The number of rotatable bonds is 8. The molecule has 1 aromatic rings. The maximum absolute atomic E-state index is 11.1. The second kappa shape index (κ2) is 9.37. The van der Waals surface area contributed by atoms with E-state index >= 15 is 0 Å². The summed E-state index contributed by atoms with van der Waals surface area (Å²) in [5.41, 5.74) is 0.869. The number of amides is 1. The predicted molar refractivity (Wildman–Crippen MR) is 85.6 cm³/mol. The van der Waals surface area contributed by atoms with Gasteiger partial charge in [0.25, 0.3) is 0 Å². The van der Waals surface area contributed by atoms with Crippen LogP contribution in [0.15, 0.2) is 18.2 Å². The Balaban J connectivity index is 1.83.